The molecule has 13 rings (SSSR count). The van der Waals surface area contributed by atoms with Crippen LogP contribution in [0.25, 0.3) is 5.69 Å². The molecule has 6 N–H and O–H groups in total. The van der Waals surface area contributed by atoms with E-state index in [1.165, 1.54) is 39.8 Å². The zero-order valence-electron chi connectivity index (χ0n) is 75.9. The molecule has 0 atom stereocenters. The van der Waals surface area contributed by atoms with Crippen LogP contribution in [0.4, 0.5) is 49.1 Å². The predicted molar refractivity (Wildman–Crippen MR) is 509 cm³/mol. The first-order valence-electron chi connectivity index (χ1n) is 43.6. The number of pyridine rings is 1. The summed E-state index contributed by atoms with van der Waals surface area (Å²) in [5.41, 5.74) is 15.1. The number of benzene rings is 8. The molecule has 32 heteroatoms. The fraction of sp³-hybridized carbons (Fsp3) is 0.340. The van der Waals surface area contributed by atoms with E-state index >= 15 is 0 Å². The third kappa shape index (κ3) is 27.9. The summed E-state index contributed by atoms with van der Waals surface area (Å²) in [6.45, 7) is 12.6. The third-order valence-electron chi connectivity index (χ3n) is 24.1. The monoisotopic (exact) mass is 1870 g/mol. The number of aldehydes is 1. The van der Waals surface area contributed by atoms with Crippen LogP contribution in [-0.2, 0) is 47.2 Å². The molecule has 23 nitrogen and oxygen atoms in total. The minimum absolute atomic E-state index is 0.0437. The summed E-state index contributed by atoms with van der Waals surface area (Å²) in [7, 11) is 10.9. The van der Waals surface area contributed by atoms with Crippen molar-refractivity contribution in [2.24, 2.45) is 7.05 Å². The zero-order valence-corrected chi connectivity index (χ0v) is 78.1. The Kier molecular flexibility index (Phi) is 38.0. The molecular weight excluding hydrogens is 1760 g/mol. The van der Waals surface area contributed by atoms with Crippen molar-refractivity contribution in [2.45, 2.75) is 110 Å². The molecule has 0 spiro atoms. The van der Waals surface area contributed by atoms with Gasteiger partial charge < -0.3 is 51.3 Å². The normalized spacial score (nSPS) is 14.0. The smallest absolute Gasteiger partial charge is 0.276 e. The minimum Gasteiger partial charge on any atom is -0.494 e. The Bertz CT molecular complexity index is 5650. The van der Waals surface area contributed by atoms with Gasteiger partial charge in [-0.1, -0.05) is 89.4 Å². The fourth-order valence-corrected chi connectivity index (χ4v) is 16.5. The lowest BCUT2D eigenvalue weighted by molar-refractivity contribution is -0.114. The van der Waals surface area contributed by atoms with Crippen LogP contribution < -0.4 is 42.2 Å². The van der Waals surface area contributed by atoms with Gasteiger partial charge in [-0.15, -0.1) is 0 Å². The van der Waals surface area contributed by atoms with E-state index in [0.717, 1.165) is 114 Å². The topological polar surface area (TPSA) is 248 Å². The number of halogens is 9. The minimum atomic E-state index is -0.863. The maximum atomic E-state index is 14.3. The van der Waals surface area contributed by atoms with E-state index in [-0.39, 0.29) is 35.5 Å². The average molecular weight is 1870 g/mol. The third-order valence-corrected chi connectivity index (χ3v) is 24.8. The summed E-state index contributed by atoms with van der Waals surface area (Å²) >= 11 is 18.2. The number of likely N-dealkylation sites (tertiary alicyclic amines) is 3. The molecule has 5 heterocycles. The number of nitrogens with two attached hydrogens (primary N) is 1. The highest BCUT2D eigenvalue weighted by atomic mass is 35.5. The number of piperidine rings is 3. The standard InChI is InChI=1S/C34H40ClF2N5O2.C32H34ClF2N5O3.C26H30ClF2N3O2.C8H10N2O/c1-23(38-2)29(33(43)39-26-12-14-27(15-13-26)40(3)4)22-42(19-16-24-8-10-25(35)11-9-24)28-17-20-41(21-18-28)34(44)32-30(36)6-5-7-31(32)37;1-21-25(31(41)40(37(21)2)28-19-36-15-11-29(28)43-3)20-39(16-12-22-7-9-23(33)10-8-22)24-13-17-38(18-14-24)32(42)30-26(34)5-4-6-27(30)35;1-18(30-2)20(17-33)16-32(13-10-19-6-8-21(27)9-7-19)22-11-14-31(15-12-22)26(34)25-23(28)4-3-5-24(25)29;1-6(11)10-8-4-2-7(9)3-5-8/h5-15,28,38H,16-22H2,1-4H3,(H,39,43);4-11,15,19,24H,12-14,16-18,20H2,1-3H3;3-9,17,22,30H,10-16H2,1-2H3;2-5H,9H2,1H3,(H,10,11)/b29-23-;;20-18-;. The van der Waals surface area contributed by atoms with Crippen LogP contribution in [0.2, 0.25) is 15.1 Å². The first kappa shape index (κ1) is 102. The second-order valence-corrected chi connectivity index (χ2v) is 34.0. The zero-order chi connectivity index (χ0) is 95.4. The van der Waals surface area contributed by atoms with Crippen molar-refractivity contribution in [3.8, 4) is 11.4 Å². The summed E-state index contributed by atoms with van der Waals surface area (Å²) < 4.78 is 94.4. The van der Waals surface area contributed by atoms with Crippen LogP contribution in [0, 0.1) is 41.8 Å². The molecule has 3 aliphatic heterocycles. The lowest BCUT2D eigenvalue weighted by atomic mass is 9.99. The van der Waals surface area contributed by atoms with Crippen LogP contribution in [0.3, 0.4) is 0 Å². The SMILES string of the molecule is CC(=O)Nc1ccc(N)cc1.CN/C(C)=C(/CN(CCc1ccc(Cl)cc1)C1CCN(C(=O)c2c(F)cccc2F)CC1)C(=O)Nc1ccc(N(C)C)cc1.CN/C(C)=C(\C=O)CN(CCc1ccc(Cl)cc1)C1CCN(C(=O)c2c(F)cccc2F)CC1.COc1ccncc1-n1c(=O)c(CN(CCc2ccc(Cl)cc2)C2CCN(C(=O)c3c(F)cccc3F)CC2)c(C)n1C. The average Bonchev–Trinajstić information content (AvgIpc) is 1.56. The Hall–Kier alpha value is -12.3. The van der Waals surface area contributed by atoms with Gasteiger partial charge in [-0.05, 0) is 217 Å². The molecule has 10 aromatic rings. The van der Waals surface area contributed by atoms with Gasteiger partial charge in [-0.3, -0.25) is 57.9 Å². The van der Waals surface area contributed by atoms with E-state index in [9.17, 15) is 59.9 Å². The van der Waals surface area contributed by atoms with Gasteiger partial charge in [0, 0.05) is 217 Å². The van der Waals surface area contributed by atoms with E-state index in [1.54, 1.807) is 73.3 Å². The number of hydrogen-bond acceptors (Lipinski definition) is 16. The van der Waals surface area contributed by atoms with Crippen molar-refractivity contribution >= 4 is 93.4 Å². The Balaban J connectivity index is 0.000000195. The van der Waals surface area contributed by atoms with Crippen molar-refractivity contribution in [2.75, 3.05) is 129 Å². The Morgan fingerprint density at radius 1 is 0.515 bits per heavy atom. The lowest BCUT2D eigenvalue weighted by Crippen LogP contribution is -2.48. The van der Waals surface area contributed by atoms with Crippen LogP contribution in [-0.4, -0.2) is 205 Å². The number of methoxy groups -OCH3 is 1. The number of carbonyl (C=O) groups excluding carboxylic acids is 6. The molecule has 2 aromatic heterocycles. The number of aromatic nitrogens is 3. The molecule has 0 unspecified atom stereocenters. The summed E-state index contributed by atoms with van der Waals surface area (Å²) in [5, 5.41) is 13.9. The highest BCUT2D eigenvalue weighted by Gasteiger charge is 2.36. The van der Waals surface area contributed by atoms with Gasteiger partial charge in [0.2, 0.25) is 5.91 Å². The van der Waals surface area contributed by atoms with Gasteiger partial charge in [0.1, 0.15) is 69.3 Å². The Labute approximate surface area is 782 Å². The summed E-state index contributed by atoms with van der Waals surface area (Å²) in [5.74, 6) is -6.79. The second kappa shape index (κ2) is 49.3. The highest BCUT2D eigenvalue weighted by Crippen LogP contribution is 2.31. The van der Waals surface area contributed by atoms with E-state index in [1.807, 2.05) is 144 Å². The fourth-order valence-electron chi connectivity index (χ4n) is 16.1. The number of anilines is 4. The van der Waals surface area contributed by atoms with Crippen molar-refractivity contribution in [3.05, 3.63) is 322 Å². The Morgan fingerprint density at radius 3 is 1.26 bits per heavy atom. The van der Waals surface area contributed by atoms with Crippen molar-refractivity contribution in [1.29, 1.82) is 0 Å². The first-order chi connectivity index (χ1) is 63.3. The second-order valence-electron chi connectivity index (χ2n) is 32.7. The van der Waals surface area contributed by atoms with Gasteiger partial charge in [0.05, 0.1) is 18.9 Å². The number of nitrogen functional groups attached to an aromatic ring is 1. The van der Waals surface area contributed by atoms with Crippen LogP contribution in [0.15, 0.2) is 222 Å². The maximum Gasteiger partial charge on any atom is 0.276 e. The van der Waals surface area contributed by atoms with Gasteiger partial charge in [0.15, 0.2) is 0 Å². The molecule has 8 aromatic carbocycles. The molecule has 0 aliphatic carbocycles. The van der Waals surface area contributed by atoms with Crippen molar-refractivity contribution in [3.63, 3.8) is 0 Å². The highest BCUT2D eigenvalue weighted by molar-refractivity contribution is 6.31. The number of ether oxygens (including phenoxy) is 1. The Morgan fingerprint density at radius 2 is 0.886 bits per heavy atom. The molecule has 3 fully saturated rings. The quantitative estimate of drug-likeness (QED) is 0.0121. The predicted octanol–water partition coefficient (Wildman–Crippen LogP) is 16.8. The van der Waals surface area contributed by atoms with Crippen LogP contribution in [0.5, 0.6) is 5.75 Å². The largest absolute Gasteiger partial charge is 0.494 e. The van der Waals surface area contributed by atoms with E-state index in [2.05, 4.69) is 41.0 Å². The van der Waals surface area contributed by atoms with Gasteiger partial charge in [-0.2, -0.15) is 0 Å². The van der Waals surface area contributed by atoms with E-state index in [4.69, 9.17) is 45.3 Å². The molecule has 3 aliphatic rings. The number of carbonyl (C=O) groups is 6. The van der Waals surface area contributed by atoms with Crippen molar-refractivity contribution in [1.82, 2.24) is 54.4 Å². The summed E-state index contributed by atoms with van der Waals surface area (Å²) in [4.78, 5) is 106. The molecule has 0 bridgehead atoms. The summed E-state index contributed by atoms with van der Waals surface area (Å²) in [6.07, 6.45) is 10.0. The number of allylic oxidation sites excluding steroid dienone is 2. The molecular formula is C100H114Cl3F6N15O8. The van der Waals surface area contributed by atoms with Crippen molar-refractivity contribution < 1.29 is 59.8 Å². The summed E-state index contributed by atoms with van der Waals surface area (Å²) in [6, 6.07) is 50.0. The lowest BCUT2D eigenvalue weighted by Gasteiger charge is -2.39. The van der Waals surface area contributed by atoms with Crippen LogP contribution in [0.1, 0.15) is 118 Å². The number of hydrogen-bond donors (Lipinski definition) is 5. The maximum absolute atomic E-state index is 14.3. The number of rotatable bonds is 30. The molecule has 700 valence electrons. The van der Waals surface area contributed by atoms with Gasteiger partial charge in [-0.25, -0.2) is 31.0 Å². The number of nitrogens with one attached hydrogen (secondary N) is 4. The molecule has 3 saturated heterocycles. The molecule has 132 heavy (non-hydrogen) atoms. The van der Waals surface area contributed by atoms with E-state index < -0.39 is 69.3 Å². The van der Waals surface area contributed by atoms with E-state index in [0.29, 0.717) is 165 Å². The first-order valence-corrected chi connectivity index (χ1v) is 44.7. The molecule has 0 saturated carbocycles. The number of nitrogens with zero attached hydrogens (tertiary/aromatic N) is 10. The number of amides is 5. The van der Waals surface area contributed by atoms with Gasteiger partial charge in [0.25, 0.3) is 29.2 Å². The van der Waals surface area contributed by atoms with Gasteiger partial charge >= 0.3 is 0 Å². The van der Waals surface area contributed by atoms with Crippen LogP contribution >= 0.6 is 34.8 Å². The molecule has 5 amide bonds. The molecule has 0 radical (unpaired) electrons.